The number of aromatic hydroxyl groups is 2. The first-order valence-electron chi connectivity index (χ1n) is 8.57. The molecule has 0 fully saturated rings. The number of rotatable bonds is 6. The number of nitrogens with zero attached hydrogens (tertiary/aromatic N) is 2. The average Bonchev–Trinajstić information content (AvgIpc) is 2.71. The normalized spacial score (nSPS) is 11.4. The van der Waals surface area contributed by atoms with Crippen molar-refractivity contribution in [2.75, 3.05) is 7.11 Å². The number of hydrogen-bond donors (Lipinski definition) is 3. The largest absolute Gasteiger partial charge is 0.508 e. The molecule has 3 aromatic rings. The quantitative estimate of drug-likeness (QED) is 0.607. The number of hydrogen-bond acceptors (Lipinski definition) is 6. The lowest BCUT2D eigenvalue weighted by Crippen LogP contribution is -1.87. The van der Waals surface area contributed by atoms with Gasteiger partial charge < -0.3 is 20.1 Å². The molecule has 28 heavy (non-hydrogen) atoms. The Bertz CT molecular complexity index is 950. The SMILES string of the molecule is COc1ccc(C=Cc2cc(C=Cc3ccc(CO)c(O)c3)ncn2)cc1O. The van der Waals surface area contributed by atoms with Crippen LogP contribution in [-0.2, 0) is 6.61 Å². The van der Waals surface area contributed by atoms with Gasteiger partial charge in [0, 0.05) is 5.56 Å². The molecular formula is C22H20N2O4. The van der Waals surface area contributed by atoms with Crippen molar-refractivity contribution in [1.82, 2.24) is 9.97 Å². The molecular weight excluding hydrogens is 356 g/mol. The maximum Gasteiger partial charge on any atom is 0.160 e. The second-order valence-electron chi connectivity index (χ2n) is 6.01. The van der Waals surface area contributed by atoms with Crippen LogP contribution in [0.1, 0.15) is 28.1 Å². The molecule has 0 aliphatic carbocycles. The fourth-order valence-corrected chi connectivity index (χ4v) is 2.56. The maximum absolute atomic E-state index is 9.84. The van der Waals surface area contributed by atoms with Gasteiger partial charge in [0.1, 0.15) is 12.1 Å². The molecule has 0 atom stereocenters. The van der Waals surface area contributed by atoms with Gasteiger partial charge in [-0.15, -0.1) is 0 Å². The molecule has 0 saturated heterocycles. The molecule has 0 unspecified atom stereocenters. The van der Waals surface area contributed by atoms with E-state index in [2.05, 4.69) is 9.97 Å². The lowest BCUT2D eigenvalue weighted by Gasteiger charge is -2.03. The summed E-state index contributed by atoms with van der Waals surface area (Å²) < 4.78 is 5.03. The standard InChI is InChI=1S/C22H20N2O4/c1-28-22-9-5-16(11-21(22)27)4-8-19-12-18(23-14-24-19)7-3-15-2-6-17(13-25)20(26)10-15/h2-12,14,25-27H,13H2,1H3. The van der Waals surface area contributed by atoms with Gasteiger partial charge in [-0.1, -0.05) is 30.4 Å². The number of aliphatic hydroxyl groups excluding tert-OH is 1. The molecule has 2 aromatic carbocycles. The van der Waals surface area contributed by atoms with Crippen molar-refractivity contribution in [3.8, 4) is 17.2 Å². The van der Waals surface area contributed by atoms with Crippen molar-refractivity contribution < 1.29 is 20.1 Å². The zero-order valence-electron chi connectivity index (χ0n) is 15.3. The minimum Gasteiger partial charge on any atom is -0.508 e. The highest BCUT2D eigenvalue weighted by atomic mass is 16.5. The number of benzene rings is 2. The maximum atomic E-state index is 9.84. The Morgan fingerprint density at radius 2 is 1.43 bits per heavy atom. The molecule has 3 rings (SSSR count). The van der Waals surface area contributed by atoms with E-state index in [0.717, 1.165) is 11.1 Å². The van der Waals surface area contributed by atoms with E-state index in [0.29, 0.717) is 22.7 Å². The zero-order valence-corrected chi connectivity index (χ0v) is 15.3. The van der Waals surface area contributed by atoms with Gasteiger partial charge in [0.25, 0.3) is 0 Å². The van der Waals surface area contributed by atoms with Gasteiger partial charge in [0.05, 0.1) is 25.1 Å². The third kappa shape index (κ3) is 4.75. The molecule has 0 saturated carbocycles. The molecule has 3 N–H and O–H groups in total. The predicted octanol–water partition coefficient (Wildman–Crippen LogP) is 3.73. The second kappa shape index (κ2) is 8.83. The topological polar surface area (TPSA) is 95.7 Å². The highest BCUT2D eigenvalue weighted by molar-refractivity contribution is 5.72. The first-order chi connectivity index (χ1) is 13.6. The molecule has 1 aromatic heterocycles. The van der Waals surface area contributed by atoms with Gasteiger partial charge in [0.2, 0.25) is 0 Å². The van der Waals surface area contributed by atoms with Gasteiger partial charge in [-0.2, -0.15) is 0 Å². The summed E-state index contributed by atoms with van der Waals surface area (Å²) in [7, 11) is 1.50. The number of aliphatic hydroxyl groups is 1. The lowest BCUT2D eigenvalue weighted by molar-refractivity contribution is 0.275. The van der Waals surface area contributed by atoms with Crippen molar-refractivity contribution in [3.05, 3.63) is 76.9 Å². The smallest absolute Gasteiger partial charge is 0.160 e. The first-order valence-corrected chi connectivity index (χ1v) is 8.57. The summed E-state index contributed by atoms with van der Waals surface area (Å²) in [6, 6.07) is 12.0. The fourth-order valence-electron chi connectivity index (χ4n) is 2.56. The monoisotopic (exact) mass is 376 g/mol. The first kappa shape index (κ1) is 19.1. The predicted molar refractivity (Wildman–Crippen MR) is 109 cm³/mol. The van der Waals surface area contributed by atoms with E-state index in [-0.39, 0.29) is 18.1 Å². The van der Waals surface area contributed by atoms with Gasteiger partial charge in [-0.3, -0.25) is 0 Å². The van der Waals surface area contributed by atoms with E-state index >= 15 is 0 Å². The number of phenols is 2. The summed E-state index contributed by atoms with van der Waals surface area (Å²) in [4.78, 5) is 8.43. The summed E-state index contributed by atoms with van der Waals surface area (Å²) in [6.07, 6.45) is 8.75. The lowest BCUT2D eigenvalue weighted by atomic mass is 10.1. The number of phenolic OH excluding ortho intramolecular Hbond substituents is 1. The molecule has 0 radical (unpaired) electrons. The van der Waals surface area contributed by atoms with E-state index in [1.54, 1.807) is 30.3 Å². The van der Waals surface area contributed by atoms with Crippen LogP contribution in [0.2, 0.25) is 0 Å². The van der Waals surface area contributed by atoms with Crippen LogP contribution >= 0.6 is 0 Å². The Kier molecular flexibility index (Phi) is 6.04. The van der Waals surface area contributed by atoms with Crippen LogP contribution < -0.4 is 4.74 Å². The van der Waals surface area contributed by atoms with Crippen LogP contribution in [0.4, 0.5) is 0 Å². The number of methoxy groups -OCH3 is 1. The van der Waals surface area contributed by atoms with Gasteiger partial charge in [-0.05, 0) is 47.5 Å². The molecule has 6 heteroatoms. The Hall–Kier alpha value is -3.64. The van der Waals surface area contributed by atoms with Crippen LogP contribution in [0.5, 0.6) is 17.2 Å². The Morgan fingerprint density at radius 3 is 1.96 bits per heavy atom. The summed E-state index contributed by atoms with van der Waals surface area (Å²) in [6.45, 7) is -0.205. The summed E-state index contributed by atoms with van der Waals surface area (Å²) >= 11 is 0. The Morgan fingerprint density at radius 1 is 0.821 bits per heavy atom. The van der Waals surface area contributed by atoms with Gasteiger partial charge >= 0.3 is 0 Å². The van der Waals surface area contributed by atoms with Crippen LogP contribution in [-0.4, -0.2) is 32.4 Å². The van der Waals surface area contributed by atoms with Crippen LogP contribution in [0.25, 0.3) is 24.3 Å². The Balaban J connectivity index is 1.75. The Labute approximate surface area is 162 Å². The number of ether oxygens (including phenoxy) is 1. The molecule has 0 aliphatic heterocycles. The van der Waals surface area contributed by atoms with E-state index < -0.39 is 0 Å². The zero-order chi connectivity index (χ0) is 19.9. The van der Waals surface area contributed by atoms with E-state index in [1.165, 1.54) is 13.4 Å². The van der Waals surface area contributed by atoms with Crippen LogP contribution in [0.3, 0.4) is 0 Å². The van der Waals surface area contributed by atoms with Crippen molar-refractivity contribution in [3.63, 3.8) is 0 Å². The summed E-state index contributed by atoms with van der Waals surface area (Å²) in [5, 5.41) is 28.7. The number of aromatic nitrogens is 2. The van der Waals surface area contributed by atoms with Crippen molar-refractivity contribution in [2.45, 2.75) is 6.61 Å². The van der Waals surface area contributed by atoms with Crippen molar-refractivity contribution >= 4 is 24.3 Å². The van der Waals surface area contributed by atoms with Gasteiger partial charge in [-0.25, -0.2) is 9.97 Å². The molecule has 0 bridgehead atoms. The third-order valence-electron chi connectivity index (χ3n) is 4.09. The average molecular weight is 376 g/mol. The second-order valence-corrected chi connectivity index (χ2v) is 6.01. The summed E-state index contributed by atoms with van der Waals surface area (Å²) in [5.74, 6) is 0.551. The minimum absolute atomic E-state index is 0.0544. The third-order valence-corrected chi connectivity index (χ3v) is 4.09. The minimum atomic E-state index is -0.205. The van der Waals surface area contributed by atoms with Crippen LogP contribution in [0, 0.1) is 0 Å². The highest BCUT2D eigenvalue weighted by Crippen LogP contribution is 2.27. The van der Waals surface area contributed by atoms with Crippen molar-refractivity contribution in [1.29, 1.82) is 0 Å². The molecule has 0 spiro atoms. The van der Waals surface area contributed by atoms with E-state index in [9.17, 15) is 10.2 Å². The van der Waals surface area contributed by atoms with Crippen molar-refractivity contribution in [2.24, 2.45) is 0 Å². The molecule has 142 valence electrons. The molecule has 0 aliphatic rings. The molecule has 1 heterocycles. The van der Waals surface area contributed by atoms with Crippen LogP contribution in [0.15, 0.2) is 48.8 Å². The summed E-state index contributed by atoms with van der Waals surface area (Å²) in [5.41, 5.74) is 3.50. The fraction of sp³-hybridized carbons (Fsp3) is 0.0909. The molecule has 0 amide bonds. The van der Waals surface area contributed by atoms with Gasteiger partial charge in [0.15, 0.2) is 11.5 Å². The molecule has 6 nitrogen and oxygen atoms in total. The highest BCUT2D eigenvalue weighted by Gasteiger charge is 2.01. The van der Waals surface area contributed by atoms with E-state index in [1.807, 2.05) is 36.4 Å². The van der Waals surface area contributed by atoms with E-state index in [4.69, 9.17) is 9.84 Å².